The summed E-state index contributed by atoms with van der Waals surface area (Å²) in [6.07, 6.45) is -0.0415. The first-order valence-electron chi connectivity index (χ1n) is 3.96. The van der Waals surface area contributed by atoms with Crippen molar-refractivity contribution in [3.8, 4) is 0 Å². The third-order valence-electron chi connectivity index (χ3n) is 2.17. The van der Waals surface area contributed by atoms with E-state index in [0.717, 1.165) is 11.3 Å². The van der Waals surface area contributed by atoms with Crippen LogP contribution in [0, 0.1) is 5.41 Å². The van der Waals surface area contributed by atoms with Gasteiger partial charge in [0.1, 0.15) is 0 Å². The van der Waals surface area contributed by atoms with Gasteiger partial charge in [-0.1, -0.05) is 13.8 Å². The highest BCUT2D eigenvalue weighted by atomic mass is 16.4. The fourth-order valence-electron chi connectivity index (χ4n) is 1.33. The summed E-state index contributed by atoms with van der Waals surface area (Å²) >= 11 is 0. The predicted molar refractivity (Wildman–Crippen MR) is 42.8 cm³/mol. The average molecular weight is 171 g/mol. The lowest BCUT2D eigenvalue weighted by Crippen LogP contribution is -2.44. The maximum Gasteiger partial charge on any atom is 0.414 e. The van der Waals surface area contributed by atoms with Gasteiger partial charge in [-0.05, 0) is 11.8 Å². The van der Waals surface area contributed by atoms with Crippen LogP contribution >= 0.6 is 0 Å². The van der Waals surface area contributed by atoms with Crippen molar-refractivity contribution < 1.29 is 14.7 Å². The minimum Gasteiger partial charge on any atom is -0.465 e. The molecule has 1 heterocycles. The number of imide groups is 1. The molecule has 0 atom stereocenters. The highest BCUT2D eigenvalue weighted by Crippen LogP contribution is 2.30. The number of carboxylic acid groups (broad SMARTS) is 1. The Bertz CT molecular complexity index is 222. The summed E-state index contributed by atoms with van der Waals surface area (Å²) in [4.78, 5) is 22.6. The number of hydrogen-bond donors (Lipinski definition) is 1. The van der Waals surface area contributed by atoms with E-state index in [2.05, 4.69) is 0 Å². The number of rotatable bonds is 0. The van der Waals surface area contributed by atoms with Crippen molar-refractivity contribution in [2.24, 2.45) is 5.41 Å². The Morgan fingerprint density at radius 2 is 2.17 bits per heavy atom. The fraction of sp³-hybridized carbons (Fsp3) is 0.750. The molecule has 1 fully saturated rings. The molecular weight excluding hydrogens is 158 g/mol. The monoisotopic (exact) mass is 171 g/mol. The molecule has 12 heavy (non-hydrogen) atoms. The lowest BCUT2D eigenvalue weighted by molar-refractivity contribution is -0.134. The van der Waals surface area contributed by atoms with E-state index < -0.39 is 6.09 Å². The normalized spacial score (nSPS) is 22.5. The van der Waals surface area contributed by atoms with E-state index in [1.54, 1.807) is 0 Å². The number of nitrogens with zero attached hydrogens (tertiary/aromatic N) is 1. The molecule has 1 rings (SSSR count). The molecule has 0 unspecified atom stereocenters. The van der Waals surface area contributed by atoms with Gasteiger partial charge >= 0.3 is 6.09 Å². The molecular formula is C8H13NO3. The van der Waals surface area contributed by atoms with Crippen LogP contribution in [0.5, 0.6) is 0 Å². The second-order valence-corrected chi connectivity index (χ2v) is 3.92. The minimum absolute atomic E-state index is 0.0387. The smallest absolute Gasteiger partial charge is 0.414 e. The van der Waals surface area contributed by atoms with Crippen molar-refractivity contribution in [1.29, 1.82) is 0 Å². The molecule has 4 heteroatoms. The van der Waals surface area contributed by atoms with Crippen LogP contribution in [-0.4, -0.2) is 28.6 Å². The third kappa shape index (κ3) is 1.75. The second kappa shape index (κ2) is 2.77. The van der Waals surface area contributed by atoms with Crippen LogP contribution in [0.3, 0.4) is 0 Å². The van der Waals surface area contributed by atoms with Gasteiger partial charge in [0, 0.05) is 13.0 Å². The van der Waals surface area contributed by atoms with Gasteiger partial charge in [-0.3, -0.25) is 4.79 Å². The zero-order valence-electron chi connectivity index (χ0n) is 7.33. The molecule has 0 saturated carbocycles. The second-order valence-electron chi connectivity index (χ2n) is 3.92. The molecule has 2 amide bonds. The predicted octanol–water partition coefficient (Wildman–Crippen LogP) is 1.31. The maximum absolute atomic E-state index is 11.2. The first-order valence-corrected chi connectivity index (χ1v) is 3.96. The van der Waals surface area contributed by atoms with E-state index in [1.165, 1.54) is 0 Å². The Balaban J connectivity index is 2.66. The number of carbonyl (C=O) groups is 2. The summed E-state index contributed by atoms with van der Waals surface area (Å²) in [6.45, 7) is 4.29. The third-order valence-corrected chi connectivity index (χ3v) is 2.17. The summed E-state index contributed by atoms with van der Waals surface area (Å²) in [5, 5.41) is 8.58. The van der Waals surface area contributed by atoms with Crippen molar-refractivity contribution in [2.45, 2.75) is 26.7 Å². The van der Waals surface area contributed by atoms with E-state index in [4.69, 9.17) is 5.11 Å². The van der Waals surface area contributed by atoms with Gasteiger partial charge in [-0.25, -0.2) is 9.69 Å². The summed E-state index contributed by atoms with van der Waals surface area (Å²) < 4.78 is 0. The average Bonchev–Trinajstić information content (AvgIpc) is 1.83. The van der Waals surface area contributed by atoms with Crippen molar-refractivity contribution in [1.82, 2.24) is 4.90 Å². The Hall–Kier alpha value is -1.06. The van der Waals surface area contributed by atoms with Gasteiger partial charge in [0.05, 0.1) is 0 Å². The minimum atomic E-state index is -1.13. The quantitative estimate of drug-likeness (QED) is 0.597. The van der Waals surface area contributed by atoms with Crippen LogP contribution in [0.1, 0.15) is 26.7 Å². The van der Waals surface area contributed by atoms with Gasteiger partial charge in [-0.15, -0.1) is 0 Å². The summed E-state index contributed by atoms with van der Waals surface area (Å²) in [7, 11) is 0. The van der Waals surface area contributed by atoms with Gasteiger partial charge in [0.25, 0.3) is 0 Å². The van der Waals surface area contributed by atoms with E-state index in [1.807, 2.05) is 13.8 Å². The van der Waals surface area contributed by atoms with Crippen molar-refractivity contribution in [3.05, 3.63) is 0 Å². The van der Waals surface area contributed by atoms with Crippen LogP contribution in [0.25, 0.3) is 0 Å². The number of likely N-dealkylation sites (tertiary alicyclic amines) is 1. The number of amides is 2. The van der Waals surface area contributed by atoms with E-state index in [9.17, 15) is 9.59 Å². The first-order chi connectivity index (χ1) is 5.42. The van der Waals surface area contributed by atoms with Crippen molar-refractivity contribution in [2.75, 3.05) is 6.54 Å². The Morgan fingerprint density at radius 1 is 1.58 bits per heavy atom. The molecule has 0 aromatic rings. The number of hydrogen-bond acceptors (Lipinski definition) is 2. The summed E-state index contributed by atoms with van der Waals surface area (Å²) in [5.41, 5.74) is -0.0387. The van der Waals surface area contributed by atoms with Crippen molar-refractivity contribution >= 4 is 12.0 Å². The standard InChI is InChI=1S/C8H13NO3/c1-8(2)3-4-9(7(11)12)6(10)5-8/h3-5H2,1-2H3,(H,11,12). The first kappa shape index (κ1) is 9.03. The largest absolute Gasteiger partial charge is 0.465 e. The number of carbonyl (C=O) groups excluding carboxylic acids is 1. The molecule has 68 valence electrons. The van der Waals surface area contributed by atoms with E-state index >= 15 is 0 Å². The topological polar surface area (TPSA) is 57.6 Å². The Labute approximate surface area is 71.2 Å². The lowest BCUT2D eigenvalue weighted by Gasteiger charge is -2.33. The van der Waals surface area contributed by atoms with Gasteiger partial charge in [0.2, 0.25) is 5.91 Å². The highest BCUT2D eigenvalue weighted by molar-refractivity contribution is 5.91. The molecule has 0 bridgehead atoms. The zero-order valence-corrected chi connectivity index (χ0v) is 7.33. The van der Waals surface area contributed by atoms with Crippen LogP contribution in [0.2, 0.25) is 0 Å². The zero-order chi connectivity index (χ0) is 9.35. The van der Waals surface area contributed by atoms with Crippen LogP contribution < -0.4 is 0 Å². The van der Waals surface area contributed by atoms with Gasteiger partial charge in [-0.2, -0.15) is 0 Å². The van der Waals surface area contributed by atoms with Gasteiger partial charge in [0.15, 0.2) is 0 Å². The molecule has 0 aromatic heterocycles. The fourth-order valence-corrected chi connectivity index (χ4v) is 1.33. The Kier molecular flexibility index (Phi) is 2.08. The SMILES string of the molecule is CC1(C)CCN(C(=O)O)C(=O)C1. The number of piperidine rings is 1. The molecule has 1 saturated heterocycles. The molecule has 0 radical (unpaired) electrons. The summed E-state index contributed by atoms with van der Waals surface area (Å²) in [6, 6.07) is 0. The summed E-state index contributed by atoms with van der Waals surface area (Å²) in [5.74, 6) is -0.279. The van der Waals surface area contributed by atoms with Crippen LogP contribution in [0.15, 0.2) is 0 Å². The molecule has 1 aliphatic rings. The molecule has 0 aliphatic carbocycles. The molecule has 1 aliphatic heterocycles. The van der Waals surface area contributed by atoms with Crippen LogP contribution in [0.4, 0.5) is 4.79 Å². The highest BCUT2D eigenvalue weighted by Gasteiger charge is 2.34. The molecule has 4 nitrogen and oxygen atoms in total. The van der Waals surface area contributed by atoms with Gasteiger partial charge < -0.3 is 5.11 Å². The van der Waals surface area contributed by atoms with Crippen LogP contribution in [-0.2, 0) is 4.79 Å². The Morgan fingerprint density at radius 3 is 2.58 bits per heavy atom. The van der Waals surface area contributed by atoms with Crippen molar-refractivity contribution in [3.63, 3.8) is 0 Å². The molecule has 0 aromatic carbocycles. The molecule has 0 spiro atoms. The maximum atomic E-state index is 11.2. The van der Waals surface area contributed by atoms with E-state index in [-0.39, 0.29) is 11.3 Å². The molecule has 1 N–H and O–H groups in total. The lowest BCUT2D eigenvalue weighted by atomic mass is 9.82. The van der Waals surface area contributed by atoms with E-state index in [0.29, 0.717) is 13.0 Å².